The summed E-state index contributed by atoms with van der Waals surface area (Å²) in [5.74, 6) is 4.26. The van der Waals surface area contributed by atoms with Crippen molar-refractivity contribution in [1.29, 1.82) is 0 Å². The van der Waals surface area contributed by atoms with Gasteiger partial charge in [-0.3, -0.25) is 10.1 Å². The monoisotopic (exact) mass is 598 g/mol. The van der Waals surface area contributed by atoms with Crippen LogP contribution < -0.4 is 14.8 Å². The fourth-order valence-corrected chi connectivity index (χ4v) is 6.81. The van der Waals surface area contributed by atoms with Crippen molar-refractivity contribution in [2.24, 2.45) is 5.10 Å². The van der Waals surface area contributed by atoms with E-state index in [-0.39, 0.29) is 11.3 Å². The molecule has 41 heavy (non-hydrogen) atoms. The second-order valence-electron chi connectivity index (χ2n) is 10.3. The van der Waals surface area contributed by atoms with Gasteiger partial charge in [0.15, 0.2) is 11.5 Å². The molecule has 9 nitrogen and oxygen atoms in total. The largest absolute Gasteiger partial charge is 0.493 e. The first-order valence-electron chi connectivity index (χ1n) is 14.3. The quantitative estimate of drug-likeness (QED) is 0.311. The predicted molar refractivity (Wildman–Crippen MR) is 166 cm³/mol. The number of nitrogens with zero attached hydrogens (tertiary/aromatic N) is 3. The molecule has 2 aromatic rings. The van der Waals surface area contributed by atoms with Crippen molar-refractivity contribution in [2.45, 2.75) is 44.8 Å². The molecule has 0 bridgehead atoms. The van der Waals surface area contributed by atoms with E-state index in [1.165, 1.54) is 41.1 Å². The Labute approximate surface area is 250 Å². The highest BCUT2D eigenvalue weighted by atomic mass is 32.2. The summed E-state index contributed by atoms with van der Waals surface area (Å²) in [7, 11) is 1.64. The number of nitrogens with one attached hydrogen (secondary N) is 1. The van der Waals surface area contributed by atoms with E-state index < -0.39 is 6.09 Å². The van der Waals surface area contributed by atoms with Crippen LogP contribution in [0.4, 0.5) is 15.3 Å². The standard InChI is InChI=1S/C30H38N4O5S2/c1-37-27-12-9-23(19-28(27)39-25-5-2-3-6-25)26-21-41-30(36)34(32-26)20-22-7-10-24(11-8-22)31-29(35)38-16-4-13-33-14-17-40-18-15-33/h7-12,19,25H,2-6,13-18,20-21H2,1H3,(H,31,35). The number of anilines is 1. The molecule has 11 heteroatoms. The maximum atomic E-state index is 12.7. The summed E-state index contributed by atoms with van der Waals surface area (Å²) in [5.41, 5.74) is 3.27. The number of ether oxygens (including phenoxy) is 3. The van der Waals surface area contributed by atoms with Crippen LogP contribution in [0.5, 0.6) is 11.5 Å². The van der Waals surface area contributed by atoms with E-state index in [1.807, 2.05) is 54.2 Å². The molecular formula is C30H38N4O5S2. The van der Waals surface area contributed by atoms with Gasteiger partial charge < -0.3 is 19.1 Å². The normalized spacial score (nSPS) is 18.2. The van der Waals surface area contributed by atoms with E-state index in [0.717, 1.165) is 61.5 Å². The molecule has 220 valence electrons. The number of amides is 2. The highest BCUT2D eigenvalue weighted by Gasteiger charge is 2.24. The number of carbonyl (C=O) groups is 2. The van der Waals surface area contributed by atoms with Gasteiger partial charge in [-0.15, -0.1) is 0 Å². The van der Waals surface area contributed by atoms with E-state index in [9.17, 15) is 9.59 Å². The van der Waals surface area contributed by atoms with E-state index in [0.29, 0.717) is 30.3 Å². The molecule has 2 aromatic carbocycles. The molecule has 2 amide bonds. The minimum atomic E-state index is -0.459. The van der Waals surface area contributed by atoms with Crippen molar-refractivity contribution in [3.05, 3.63) is 53.6 Å². The summed E-state index contributed by atoms with van der Waals surface area (Å²) in [6.07, 6.45) is 5.06. The van der Waals surface area contributed by atoms with Gasteiger partial charge in [0.25, 0.3) is 0 Å². The van der Waals surface area contributed by atoms with Crippen molar-refractivity contribution >= 4 is 46.3 Å². The first-order valence-corrected chi connectivity index (χ1v) is 16.4. The van der Waals surface area contributed by atoms with Crippen molar-refractivity contribution in [3.8, 4) is 11.5 Å². The van der Waals surface area contributed by atoms with Gasteiger partial charge in [0.05, 0.1) is 32.1 Å². The fraction of sp³-hybridized carbons (Fsp3) is 0.500. The molecule has 1 saturated carbocycles. The molecule has 2 heterocycles. The number of hydrogen-bond donors (Lipinski definition) is 1. The molecule has 0 spiro atoms. The summed E-state index contributed by atoms with van der Waals surface area (Å²) < 4.78 is 17.1. The van der Waals surface area contributed by atoms with Crippen LogP contribution >= 0.6 is 23.5 Å². The fourth-order valence-electron chi connectivity index (χ4n) is 5.09. The highest BCUT2D eigenvalue weighted by Crippen LogP contribution is 2.33. The van der Waals surface area contributed by atoms with Crippen LogP contribution in [0.1, 0.15) is 43.2 Å². The second-order valence-corrected chi connectivity index (χ2v) is 12.5. The molecule has 5 rings (SSSR count). The SMILES string of the molecule is COc1ccc(C2=NN(Cc3ccc(NC(=O)OCCCN4CCSCC4)cc3)C(=O)SC2)cc1OC1CCCC1. The van der Waals surface area contributed by atoms with Crippen LogP contribution in [-0.4, -0.2) is 83.7 Å². The molecule has 0 aromatic heterocycles. The first kappa shape index (κ1) is 29.6. The molecule has 0 radical (unpaired) electrons. The lowest BCUT2D eigenvalue weighted by atomic mass is 10.1. The molecule has 3 aliphatic rings. The number of rotatable bonds is 11. The molecule has 0 atom stereocenters. The Balaban J connectivity index is 1.14. The predicted octanol–water partition coefficient (Wildman–Crippen LogP) is 6.08. The maximum Gasteiger partial charge on any atom is 0.411 e. The Morgan fingerprint density at radius 3 is 2.61 bits per heavy atom. The number of methoxy groups -OCH3 is 1. The molecule has 0 unspecified atom stereocenters. The zero-order valence-electron chi connectivity index (χ0n) is 23.5. The Kier molecular flexibility index (Phi) is 10.7. The summed E-state index contributed by atoms with van der Waals surface area (Å²) >= 11 is 3.22. The highest BCUT2D eigenvalue weighted by molar-refractivity contribution is 8.14. The lowest BCUT2D eigenvalue weighted by Crippen LogP contribution is -2.34. The maximum absolute atomic E-state index is 12.7. The molecule has 1 aliphatic carbocycles. The molecule has 2 fully saturated rings. The average Bonchev–Trinajstić information content (AvgIpc) is 3.51. The van der Waals surface area contributed by atoms with Gasteiger partial charge in [0.1, 0.15) is 0 Å². The van der Waals surface area contributed by atoms with Gasteiger partial charge in [-0.1, -0.05) is 23.9 Å². The molecule has 1 saturated heterocycles. The zero-order valence-corrected chi connectivity index (χ0v) is 25.1. The number of thioether (sulfide) groups is 2. The van der Waals surface area contributed by atoms with Crippen molar-refractivity contribution in [3.63, 3.8) is 0 Å². The molecule has 2 aliphatic heterocycles. The van der Waals surface area contributed by atoms with Gasteiger partial charge in [-0.05, 0) is 68.0 Å². The van der Waals surface area contributed by atoms with Gasteiger partial charge in [-0.2, -0.15) is 16.9 Å². The Morgan fingerprint density at radius 1 is 1.07 bits per heavy atom. The smallest absolute Gasteiger partial charge is 0.411 e. The van der Waals surface area contributed by atoms with E-state index >= 15 is 0 Å². The lowest BCUT2D eigenvalue weighted by Gasteiger charge is -2.25. The van der Waals surface area contributed by atoms with Gasteiger partial charge in [0, 0.05) is 48.1 Å². The third kappa shape index (κ3) is 8.56. The topological polar surface area (TPSA) is 92.7 Å². The van der Waals surface area contributed by atoms with Gasteiger partial charge >= 0.3 is 11.3 Å². The summed E-state index contributed by atoms with van der Waals surface area (Å²) in [4.78, 5) is 27.3. The Morgan fingerprint density at radius 2 is 1.85 bits per heavy atom. The second kappa shape index (κ2) is 14.8. The Hall–Kier alpha value is -2.89. The van der Waals surface area contributed by atoms with Gasteiger partial charge in [0.2, 0.25) is 0 Å². The van der Waals surface area contributed by atoms with E-state index in [2.05, 4.69) is 10.2 Å². The Bertz CT molecular complexity index is 1210. The third-order valence-corrected chi connectivity index (χ3v) is 9.18. The number of hydrazone groups is 1. The average molecular weight is 599 g/mol. The van der Waals surface area contributed by atoms with Crippen molar-refractivity contribution in [2.75, 3.05) is 55.9 Å². The van der Waals surface area contributed by atoms with Crippen LogP contribution in [0.3, 0.4) is 0 Å². The van der Waals surface area contributed by atoms with E-state index in [4.69, 9.17) is 19.3 Å². The van der Waals surface area contributed by atoms with Crippen LogP contribution in [0.15, 0.2) is 47.6 Å². The van der Waals surface area contributed by atoms with Crippen molar-refractivity contribution < 1.29 is 23.8 Å². The molecule has 1 N–H and O–H groups in total. The van der Waals surface area contributed by atoms with Crippen LogP contribution in [0, 0.1) is 0 Å². The summed E-state index contributed by atoms with van der Waals surface area (Å²) in [6, 6.07) is 13.2. The first-order chi connectivity index (χ1) is 20.1. The van der Waals surface area contributed by atoms with E-state index in [1.54, 1.807) is 7.11 Å². The lowest BCUT2D eigenvalue weighted by molar-refractivity contribution is 0.153. The summed E-state index contributed by atoms with van der Waals surface area (Å²) in [5, 5.41) is 8.86. The zero-order chi connectivity index (χ0) is 28.4. The van der Waals surface area contributed by atoms with Crippen molar-refractivity contribution in [1.82, 2.24) is 9.91 Å². The van der Waals surface area contributed by atoms with Gasteiger partial charge in [-0.25, -0.2) is 9.80 Å². The number of carbonyl (C=O) groups excluding carboxylic acids is 2. The van der Waals surface area contributed by atoms with Crippen LogP contribution in [-0.2, 0) is 11.3 Å². The van der Waals surface area contributed by atoms with Crippen LogP contribution in [0.2, 0.25) is 0 Å². The third-order valence-electron chi connectivity index (χ3n) is 7.37. The minimum Gasteiger partial charge on any atom is -0.493 e. The number of hydrogen-bond acceptors (Lipinski definition) is 9. The van der Waals surface area contributed by atoms with Crippen LogP contribution in [0.25, 0.3) is 0 Å². The molecular weight excluding hydrogens is 560 g/mol. The summed E-state index contributed by atoms with van der Waals surface area (Å²) in [6.45, 7) is 3.89. The minimum absolute atomic E-state index is 0.0984. The number of benzene rings is 2.